The third-order valence-corrected chi connectivity index (χ3v) is 5.99. The lowest BCUT2D eigenvalue weighted by Crippen LogP contribution is -2.58. The molecular formula is C14H28N2S. The van der Waals surface area contributed by atoms with Crippen LogP contribution in [0.25, 0.3) is 0 Å². The Morgan fingerprint density at radius 1 is 1.29 bits per heavy atom. The molecule has 2 fully saturated rings. The van der Waals surface area contributed by atoms with E-state index in [1.807, 2.05) is 0 Å². The van der Waals surface area contributed by atoms with Gasteiger partial charge in [0, 0.05) is 18.1 Å². The number of likely N-dealkylation sites (N-methyl/N-ethyl adjacent to an activating group) is 1. The first-order valence-corrected chi connectivity index (χ1v) is 8.34. The summed E-state index contributed by atoms with van der Waals surface area (Å²) in [5.41, 5.74) is 6.44. The fraction of sp³-hybridized carbons (Fsp3) is 1.00. The first kappa shape index (κ1) is 13.7. The molecule has 100 valence electrons. The molecule has 0 radical (unpaired) electrons. The summed E-state index contributed by atoms with van der Waals surface area (Å²) in [5.74, 6) is 3.50. The minimum absolute atomic E-state index is 0.312. The minimum atomic E-state index is 0.312. The molecule has 1 aliphatic heterocycles. The van der Waals surface area contributed by atoms with Gasteiger partial charge in [0.1, 0.15) is 0 Å². The van der Waals surface area contributed by atoms with Crippen LogP contribution < -0.4 is 5.73 Å². The fourth-order valence-corrected chi connectivity index (χ4v) is 4.85. The lowest BCUT2D eigenvalue weighted by atomic mass is 9.82. The van der Waals surface area contributed by atoms with Crippen LogP contribution in [0.3, 0.4) is 0 Å². The van der Waals surface area contributed by atoms with Crippen LogP contribution in [-0.2, 0) is 0 Å². The van der Waals surface area contributed by atoms with Crippen molar-refractivity contribution in [2.24, 2.45) is 11.7 Å². The number of rotatable bonds is 3. The van der Waals surface area contributed by atoms with Crippen molar-refractivity contribution in [1.82, 2.24) is 4.90 Å². The molecule has 2 unspecified atom stereocenters. The lowest BCUT2D eigenvalue weighted by molar-refractivity contribution is 0.0406. The van der Waals surface area contributed by atoms with Crippen molar-refractivity contribution >= 4 is 11.8 Å². The van der Waals surface area contributed by atoms with Crippen molar-refractivity contribution in [3.05, 3.63) is 0 Å². The molecule has 2 nitrogen and oxygen atoms in total. The maximum atomic E-state index is 6.13. The van der Waals surface area contributed by atoms with E-state index >= 15 is 0 Å². The van der Waals surface area contributed by atoms with Crippen molar-refractivity contribution < 1.29 is 0 Å². The van der Waals surface area contributed by atoms with Crippen molar-refractivity contribution in [2.45, 2.75) is 57.0 Å². The molecule has 0 spiro atoms. The molecule has 0 aromatic carbocycles. The monoisotopic (exact) mass is 256 g/mol. The maximum Gasteiger partial charge on any atom is 0.0347 e. The zero-order chi connectivity index (χ0) is 12.3. The standard InChI is InChI=1S/C14H28N2S/c1-12-4-3-5-13(10-12)16(2)14(11-15)6-8-17-9-7-14/h12-13H,3-11,15H2,1-2H3. The van der Waals surface area contributed by atoms with E-state index < -0.39 is 0 Å². The van der Waals surface area contributed by atoms with E-state index in [1.54, 1.807) is 0 Å². The number of hydrogen-bond acceptors (Lipinski definition) is 3. The molecule has 0 amide bonds. The number of nitrogens with zero attached hydrogens (tertiary/aromatic N) is 1. The molecule has 0 aromatic heterocycles. The number of hydrogen-bond donors (Lipinski definition) is 1. The second kappa shape index (κ2) is 5.94. The van der Waals surface area contributed by atoms with Crippen LogP contribution in [0, 0.1) is 5.92 Å². The molecule has 1 saturated heterocycles. The van der Waals surface area contributed by atoms with E-state index in [2.05, 4.69) is 30.6 Å². The van der Waals surface area contributed by atoms with E-state index in [1.165, 1.54) is 50.0 Å². The first-order valence-electron chi connectivity index (χ1n) is 7.19. The molecular weight excluding hydrogens is 228 g/mol. The molecule has 2 atom stereocenters. The molecule has 2 aliphatic rings. The molecule has 0 aromatic rings. The van der Waals surface area contributed by atoms with E-state index in [4.69, 9.17) is 5.73 Å². The van der Waals surface area contributed by atoms with Crippen LogP contribution in [0.5, 0.6) is 0 Å². The predicted molar refractivity (Wildman–Crippen MR) is 77.5 cm³/mol. The summed E-state index contributed by atoms with van der Waals surface area (Å²) in [5, 5.41) is 0. The summed E-state index contributed by atoms with van der Waals surface area (Å²) in [6.45, 7) is 3.25. The lowest BCUT2D eigenvalue weighted by Gasteiger charge is -2.49. The maximum absolute atomic E-state index is 6.13. The van der Waals surface area contributed by atoms with Gasteiger partial charge in [-0.3, -0.25) is 4.90 Å². The summed E-state index contributed by atoms with van der Waals surface area (Å²) in [6.07, 6.45) is 8.17. The van der Waals surface area contributed by atoms with Gasteiger partial charge >= 0.3 is 0 Å². The van der Waals surface area contributed by atoms with Crippen LogP contribution in [0.4, 0.5) is 0 Å². The summed E-state index contributed by atoms with van der Waals surface area (Å²) >= 11 is 2.09. The fourth-order valence-electron chi connectivity index (χ4n) is 3.59. The minimum Gasteiger partial charge on any atom is -0.329 e. The predicted octanol–water partition coefficient (Wildman–Crippen LogP) is 2.72. The Morgan fingerprint density at radius 3 is 2.59 bits per heavy atom. The smallest absolute Gasteiger partial charge is 0.0347 e. The summed E-state index contributed by atoms with van der Waals surface area (Å²) < 4.78 is 0. The average molecular weight is 256 g/mol. The van der Waals surface area contributed by atoms with Crippen LogP contribution >= 0.6 is 11.8 Å². The van der Waals surface area contributed by atoms with Gasteiger partial charge in [-0.2, -0.15) is 11.8 Å². The Bertz CT molecular complexity index is 238. The van der Waals surface area contributed by atoms with Gasteiger partial charge in [-0.25, -0.2) is 0 Å². The summed E-state index contributed by atoms with van der Waals surface area (Å²) in [4.78, 5) is 2.67. The van der Waals surface area contributed by atoms with E-state index in [0.29, 0.717) is 5.54 Å². The second-order valence-corrected chi connectivity index (χ2v) is 7.30. The topological polar surface area (TPSA) is 29.3 Å². The van der Waals surface area contributed by atoms with Gasteiger partial charge in [0.2, 0.25) is 0 Å². The zero-order valence-electron chi connectivity index (χ0n) is 11.5. The third-order valence-electron chi connectivity index (χ3n) is 5.01. The molecule has 1 heterocycles. The normalized spacial score (nSPS) is 33.9. The van der Waals surface area contributed by atoms with Gasteiger partial charge in [-0.05, 0) is 50.2 Å². The first-order chi connectivity index (χ1) is 8.18. The zero-order valence-corrected chi connectivity index (χ0v) is 12.3. The van der Waals surface area contributed by atoms with Crippen molar-refractivity contribution in [1.29, 1.82) is 0 Å². The van der Waals surface area contributed by atoms with Crippen LogP contribution in [0.2, 0.25) is 0 Å². The second-order valence-electron chi connectivity index (χ2n) is 6.08. The average Bonchev–Trinajstić information content (AvgIpc) is 2.38. The van der Waals surface area contributed by atoms with Crippen LogP contribution in [0.1, 0.15) is 45.4 Å². The Kier molecular flexibility index (Phi) is 4.79. The molecule has 2 N–H and O–H groups in total. The van der Waals surface area contributed by atoms with Crippen molar-refractivity contribution in [3.63, 3.8) is 0 Å². The van der Waals surface area contributed by atoms with Gasteiger partial charge in [-0.1, -0.05) is 19.8 Å². The highest BCUT2D eigenvalue weighted by Crippen LogP contribution is 2.36. The van der Waals surface area contributed by atoms with Crippen LogP contribution in [-0.4, -0.2) is 41.6 Å². The highest BCUT2D eigenvalue weighted by molar-refractivity contribution is 7.99. The number of thioether (sulfide) groups is 1. The Hall–Kier alpha value is 0.270. The van der Waals surface area contributed by atoms with Gasteiger partial charge in [0.05, 0.1) is 0 Å². The van der Waals surface area contributed by atoms with Crippen LogP contribution in [0.15, 0.2) is 0 Å². The Labute approximate surface area is 111 Å². The van der Waals surface area contributed by atoms with Gasteiger partial charge < -0.3 is 5.73 Å². The van der Waals surface area contributed by atoms with E-state index in [9.17, 15) is 0 Å². The highest BCUT2D eigenvalue weighted by Gasteiger charge is 2.39. The van der Waals surface area contributed by atoms with Crippen molar-refractivity contribution in [2.75, 3.05) is 25.1 Å². The molecule has 0 bridgehead atoms. The van der Waals surface area contributed by atoms with E-state index in [-0.39, 0.29) is 0 Å². The van der Waals surface area contributed by atoms with Gasteiger partial charge in [0.25, 0.3) is 0 Å². The third kappa shape index (κ3) is 2.99. The highest BCUT2D eigenvalue weighted by atomic mass is 32.2. The van der Waals surface area contributed by atoms with Crippen molar-refractivity contribution in [3.8, 4) is 0 Å². The number of nitrogens with two attached hydrogens (primary N) is 1. The summed E-state index contributed by atoms with van der Waals surface area (Å²) in [6, 6.07) is 0.783. The Morgan fingerprint density at radius 2 is 2.00 bits per heavy atom. The molecule has 17 heavy (non-hydrogen) atoms. The molecule has 1 aliphatic carbocycles. The quantitative estimate of drug-likeness (QED) is 0.842. The summed E-state index contributed by atoms with van der Waals surface area (Å²) in [7, 11) is 2.34. The SMILES string of the molecule is CC1CCCC(N(C)C2(CN)CCSCC2)C1. The molecule has 3 heteroatoms. The van der Waals surface area contributed by atoms with Gasteiger partial charge in [0.15, 0.2) is 0 Å². The largest absolute Gasteiger partial charge is 0.329 e. The molecule has 1 saturated carbocycles. The molecule has 2 rings (SSSR count). The van der Waals surface area contributed by atoms with E-state index in [0.717, 1.165) is 18.5 Å². The Balaban J connectivity index is 2.02. The van der Waals surface area contributed by atoms with Gasteiger partial charge in [-0.15, -0.1) is 0 Å².